The third kappa shape index (κ3) is 4.35. The maximum atomic E-state index is 12.1. The summed E-state index contributed by atoms with van der Waals surface area (Å²) < 4.78 is 36.3. The lowest BCUT2D eigenvalue weighted by molar-refractivity contribution is -0.137. The number of anilines is 1. The van der Waals surface area contributed by atoms with Gasteiger partial charge in [-0.05, 0) is 24.5 Å². The van der Waals surface area contributed by atoms with Gasteiger partial charge in [0.1, 0.15) is 6.54 Å². The molecule has 3 N–H and O–H groups in total. The largest absolute Gasteiger partial charge is 0.405 e. The Morgan fingerprint density at radius 2 is 2.10 bits per heavy atom. The second kappa shape index (κ2) is 6.34. The average molecular weight is 301 g/mol. The highest BCUT2D eigenvalue weighted by Gasteiger charge is 2.28. The van der Waals surface area contributed by atoms with Crippen molar-refractivity contribution < 1.29 is 18.0 Å². The number of benzene rings is 1. The average Bonchev–Trinajstić information content (AvgIpc) is 2.57. The van der Waals surface area contributed by atoms with E-state index in [4.69, 9.17) is 5.73 Å². The van der Waals surface area contributed by atoms with Crippen molar-refractivity contribution in [3.8, 4) is 0 Å². The predicted molar refractivity (Wildman–Crippen MR) is 73.9 cm³/mol. The van der Waals surface area contributed by atoms with Gasteiger partial charge in [-0.2, -0.15) is 13.2 Å². The number of amides is 1. The van der Waals surface area contributed by atoms with E-state index in [1.165, 1.54) is 0 Å². The summed E-state index contributed by atoms with van der Waals surface area (Å²) in [6.07, 6.45) is -2.81. The third-order valence-corrected chi connectivity index (χ3v) is 3.44. The Balaban J connectivity index is 2.06. The summed E-state index contributed by atoms with van der Waals surface area (Å²) >= 11 is 0. The molecular formula is C14H18F3N3O. The van der Waals surface area contributed by atoms with Crippen LogP contribution in [0.5, 0.6) is 0 Å². The summed E-state index contributed by atoms with van der Waals surface area (Å²) in [5.41, 5.74) is 7.83. The van der Waals surface area contributed by atoms with Crippen molar-refractivity contribution >= 4 is 11.6 Å². The summed E-state index contributed by atoms with van der Waals surface area (Å²) in [6.45, 7) is -0.801. The first kappa shape index (κ1) is 15.6. The van der Waals surface area contributed by atoms with Gasteiger partial charge < -0.3 is 16.0 Å². The Hall–Kier alpha value is -1.76. The third-order valence-electron chi connectivity index (χ3n) is 3.44. The number of para-hydroxylation sites is 1. The number of hydrogen-bond donors (Lipinski definition) is 2. The lowest BCUT2D eigenvalue weighted by Crippen LogP contribution is -2.41. The molecule has 0 aromatic heterocycles. The highest BCUT2D eigenvalue weighted by Crippen LogP contribution is 2.30. The van der Waals surface area contributed by atoms with Crippen LogP contribution in [0.2, 0.25) is 0 Å². The van der Waals surface area contributed by atoms with Crippen molar-refractivity contribution in [1.82, 2.24) is 5.32 Å². The first-order valence-corrected chi connectivity index (χ1v) is 6.80. The molecule has 0 aliphatic carbocycles. The Kier molecular flexibility index (Phi) is 4.72. The van der Waals surface area contributed by atoms with Crippen LogP contribution in [0, 0.1) is 0 Å². The number of nitrogens with zero attached hydrogens (tertiary/aromatic N) is 1. The van der Waals surface area contributed by atoms with Gasteiger partial charge in [0, 0.05) is 18.3 Å². The Labute approximate surface area is 121 Å². The number of nitrogens with two attached hydrogens (primary N) is 1. The summed E-state index contributed by atoms with van der Waals surface area (Å²) in [5, 5.41) is 1.90. The molecule has 21 heavy (non-hydrogen) atoms. The van der Waals surface area contributed by atoms with Gasteiger partial charge in [-0.1, -0.05) is 18.2 Å². The first-order valence-electron chi connectivity index (χ1n) is 6.80. The smallest absolute Gasteiger partial charge is 0.362 e. The van der Waals surface area contributed by atoms with Crippen LogP contribution >= 0.6 is 0 Å². The fraction of sp³-hybridized carbons (Fsp3) is 0.500. The minimum atomic E-state index is -4.39. The lowest BCUT2D eigenvalue weighted by Gasteiger charge is -2.24. The zero-order valence-corrected chi connectivity index (χ0v) is 11.5. The van der Waals surface area contributed by atoms with Crippen LogP contribution in [-0.2, 0) is 4.79 Å². The highest BCUT2D eigenvalue weighted by molar-refractivity contribution is 5.81. The highest BCUT2D eigenvalue weighted by atomic mass is 19.4. The number of nitrogens with one attached hydrogen (secondary N) is 1. The molecular weight excluding hydrogens is 283 g/mol. The van der Waals surface area contributed by atoms with E-state index in [-0.39, 0.29) is 12.6 Å². The van der Waals surface area contributed by atoms with Gasteiger partial charge in [0.25, 0.3) is 0 Å². The monoisotopic (exact) mass is 301 g/mol. The van der Waals surface area contributed by atoms with Crippen LogP contribution in [0.4, 0.5) is 18.9 Å². The molecule has 1 atom stereocenters. The molecule has 0 spiro atoms. The molecule has 1 aliphatic heterocycles. The zero-order chi connectivity index (χ0) is 15.5. The Morgan fingerprint density at radius 1 is 1.38 bits per heavy atom. The quantitative estimate of drug-likeness (QED) is 0.897. The van der Waals surface area contributed by atoms with Crippen LogP contribution in [0.3, 0.4) is 0 Å². The number of halogens is 3. The molecule has 1 aliphatic rings. The van der Waals surface area contributed by atoms with Crippen molar-refractivity contribution in [2.75, 3.05) is 24.5 Å². The molecule has 0 bridgehead atoms. The molecule has 116 valence electrons. The summed E-state index contributed by atoms with van der Waals surface area (Å²) in [6, 6.07) is 7.33. The van der Waals surface area contributed by atoms with Crippen molar-refractivity contribution in [1.29, 1.82) is 0 Å². The standard InChI is InChI=1S/C14H18F3N3O/c15-14(16,17)9-19-13(21)8-20-7-3-5-11(18)10-4-1-2-6-12(10)20/h1-2,4,6,11H,3,5,7-9,18H2,(H,19,21). The number of alkyl halides is 3. The molecule has 0 saturated heterocycles. The minimum Gasteiger partial charge on any atom is -0.362 e. The fourth-order valence-electron chi connectivity index (χ4n) is 2.46. The van der Waals surface area contributed by atoms with E-state index in [0.29, 0.717) is 6.54 Å². The number of fused-ring (bicyclic) bond motifs is 1. The van der Waals surface area contributed by atoms with Crippen LogP contribution in [0.1, 0.15) is 24.4 Å². The second-order valence-corrected chi connectivity index (χ2v) is 5.12. The van der Waals surface area contributed by atoms with Crippen molar-refractivity contribution in [3.63, 3.8) is 0 Å². The van der Waals surface area contributed by atoms with Crippen LogP contribution in [-0.4, -0.2) is 31.7 Å². The topological polar surface area (TPSA) is 58.4 Å². The lowest BCUT2D eigenvalue weighted by atomic mass is 10.0. The molecule has 1 amide bonds. The van der Waals surface area contributed by atoms with E-state index in [1.807, 2.05) is 29.6 Å². The predicted octanol–water partition coefficient (Wildman–Crippen LogP) is 1.97. The van der Waals surface area contributed by atoms with E-state index in [1.54, 1.807) is 4.90 Å². The van der Waals surface area contributed by atoms with Crippen LogP contribution in [0.15, 0.2) is 24.3 Å². The number of rotatable bonds is 3. The number of carbonyl (C=O) groups excluding carboxylic acids is 1. The van der Waals surface area contributed by atoms with Crippen molar-refractivity contribution in [2.45, 2.75) is 25.1 Å². The van der Waals surface area contributed by atoms with Gasteiger partial charge in [-0.15, -0.1) is 0 Å². The molecule has 4 nitrogen and oxygen atoms in total. The van der Waals surface area contributed by atoms with E-state index in [2.05, 4.69) is 0 Å². The maximum Gasteiger partial charge on any atom is 0.405 e. The van der Waals surface area contributed by atoms with Gasteiger partial charge in [-0.3, -0.25) is 4.79 Å². The summed E-state index contributed by atoms with van der Waals surface area (Å²) in [7, 11) is 0. The minimum absolute atomic E-state index is 0.0974. The normalized spacial score (nSPS) is 18.9. The van der Waals surface area contributed by atoms with Gasteiger partial charge in [0.2, 0.25) is 5.91 Å². The van der Waals surface area contributed by atoms with E-state index < -0.39 is 18.6 Å². The molecule has 0 saturated carbocycles. The molecule has 2 rings (SSSR count). The maximum absolute atomic E-state index is 12.1. The summed E-state index contributed by atoms with van der Waals surface area (Å²) in [4.78, 5) is 13.5. The molecule has 0 fully saturated rings. The van der Waals surface area contributed by atoms with Gasteiger partial charge in [0.15, 0.2) is 0 Å². The van der Waals surface area contributed by atoms with E-state index >= 15 is 0 Å². The summed E-state index contributed by atoms with van der Waals surface area (Å²) in [5.74, 6) is -0.641. The first-order chi connectivity index (χ1) is 9.87. The fourth-order valence-corrected chi connectivity index (χ4v) is 2.46. The molecule has 7 heteroatoms. The van der Waals surface area contributed by atoms with Gasteiger partial charge in [-0.25, -0.2) is 0 Å². The number of hydrogen-bond acceptors (Lipinski definition) is 3. The zero-order valence-electron chi connectivity index (χ0n) is 11.5. The van der Waals surface area contributed by atoms with Crippen molar-refractivity contribution in [2.24, 2.45) is 5.73 Å². The molecule has 1 aromatic rings. The van der Waals surface area contributed by atoms with Crippen LogP contribution in [0.25, 0.3) is 0 Å². The Morgan fingerprint density at radius 3 is 2.81 bits per heavy atom. The van der Waals surface area contributed by atoms with Crippen LogP contribution < -0.4 is 16.0 Å². The second-order valence-electron chi connectivity index (χ2n) is 5.12. The molecule has 1 heterocycles. The van der Waals surface area contributed by atoms with E-state index in [0.717, 1.165) is 24.1 Å². The molecule has 1 aromatic carbocycles. The number of carbonyl (C=O) groups is 1. The van der Waals surface area contributed by atoms with Gasteiger partial charge in [0.05, 0.1) is 6.54 Å². The van der Waals surface area contributed by atoms with Gasteiger partial charge >= 0.3 is 6.18 Å². The van der Waals surface area contributed by atoms with E-state index in [9.17, 15) is 18.0 Å². The van der Waals surface area contributed by atoms with Crippen molar-refractivity contribution in [3.05, 3.63) is 29.8 Å². The SMILES string of the molecule is NC1CCCN(CC(=O)NCC(F)(F)F)c2ccccc21. The molecule has 1 unspecified atom stereocenters. The molecule has 0 radical (unpaired) electrons. The Bertz CT molecular complexity index is 504.